The monoisotopic (exact) mass is 343 g/mol. The van der Waals surface area contributed by atoms with Gasteiger partial charge in [-0.3, -0.25) is 4.79 Å². The van der Waals surface area contributed by atoms with Gasteiger partial charge in [-0.15, -0.1) is 0 Å². The molecule has 24 heavy (non-hydrogen) atoms. The Bertz CT molecular complexity index is 533. The quantitative estimate of drug-likeness (QED) is 0.860. The number of rotatable bonds is 5. The van der Waals surface area contributed by atoms with Gasteiger partial charge in [0.25, 0.3) is 0 Å². The van der Waals surface area contributed by atoms with Gasteiger partial charge in [0.2, 0.25) is 5.91 Å². The van der Waals surface area contributed by atoms with E-state index in [1.807, 2.05) is 30.3 Å². The third kappa shape index (κ3) is 5.23. The lowest BCUT2D eigenvalue weighted by Crippen LogP contribution is -2.46. The van der Waals surface area contributed by atoms with Crippen molar-refractivity contribution in [2.45, 2.75) is 57.3 Å². The molecule has 0 heterocycles. The molecular formula is C18H24F3NO2. The SMILES string of the molecule is CC(NC(=O)C1CCCC(C(F)(F)F)C1)C(O)Cc1ccccc1. The minimum atomic E-state index is -4.24. The molecule has 4 atom stereocenters. The Morgan fingerprint density at radius 2 is 1.96 bits per heavy atom. The maximum atomic E-state index is 12.8. The molecule has 0 aromatic heterocycles. The zero-order valence-corrected chi connectivity index (χ0v) is 13.7. The molecular weight excluding hydrogens is 319 g/mol. The van der Waals surface area contributed by atoms with Crippen molar-refractivity contribution in [3.8, 4) is 0 Å². The van der Waals surface area contributed by atoms with Crippen LogP contribution in [-0.2, 0) is 11.2 Å². The van der Waals surface area contributed by atoms with Crippen molar-refractivity contribution >= 4 is 5.91 Å². The van der Waals surface area contributed by atoms with E-state index < -0.39 is 30.2 Å². The molecule has 0 spiro atoms. The lowest BCUT2D eigenvalue weighted by atomic mass is 9.80. The smallest absolute Gasteiger partial charge is 0.391 e. The van der Waals surface area contributed by atoms with Crippen molar-refractivity contribution in [2.24, 2.45) is 11.8 Å². The van der Waals surface area contributed by atoms with E-state index in [1.54, 1.807) is 6.92 Å². The molecule has 0 radical (unpaired) electrons. The van der Waals surface area contributed by atoms with Gasteiger partial charge in [-0.2, -0.15) is 13.2 Å². The van der Waals surface area contributed by atoms with Crippen LogP contribution in [0.5, 0.6) is 0 Å². The minimum Gasteiger partial charge on any atom is -0.391 e. The van der Waals surface area contributed by atoms with Crippen molar-refractivity contribution < 1.29 is 23.1 Å². The number of hydrogen-bond donors (Lipinski definition) is 2. The summed E-state index contributed by atoms with van der Waals surface area (Å²) in [6.45, 7) is 1.68. The highest BCUT2D eigenvalue weighted by Crippen LogP contribution is 2.39. The van der Waals surface area contributed by atoms with Gasteiger partial charge >= 0.3 is 6.18 Å². The Kier molecular flexibility index (Phi) is 6.27. The Morgan fingerprint density at radius 1 is 1.29 bits per heavy atom. The molecule has 0 aliphatic heterocycles. The highest BCUT2D eigenvalue weighted by atomic mass is 19.4. The van der Waals surface area contributed by atoms with Crippen LogP contribution in [-0.4, -0.2) is 29.3 Å². The number of halogens is 3. The van der Waals surface area contributed by atoms with Crippen molar-refractivity contribution in [1.82, 2.24) is 5.32 Å². The summed E-state index contributed by atoms with van der Waals surface area (Å²) >= 11 is 0. The molecule has 1 aliphatic rings. The van der Waals surface area contributed by atoms with E-state index in [4.69, 9.17) is 0 Å². The summed E-state index contributed by atoms with van der Waals surface area (Å²) in [4.78, 5) is 12.2. The van der Waals surface area contributed by atoms with E-state index in [2.05, 4.69) is 5.32 Å². The number of carbonyl (C=O) groups is 1. The molecule has 1 saturated carbocycles. The maximum Gasteiger partial charge on any atom is 0.391 e. The number of aliphatic hydroxyl groups is 1. The first-order valence-corrected chi connectivity index (χ1v) is 8.36. The second-order valence-electron chi connectivity index (χ2n) is 6.66. The number of benzene rings is 1. The predicted octanol–water partition coefficient (Wildman–Crippen LogP) is 3.46. The molecule has 3 nitrogen and oxygen atoms in total. The number of aliphatic hydroxyl groups excluding tert-OH is 1. The lowest BCUT2D eigenvalue weighted by molar-refractivity contribution is -0.186. The maximum absolute atomic E-state index is 12.8. The lowest BCUT2D eigenvalue weighted by Gasteiger charge is -2.31. The summed E-state index contributed by atoms with van der Waals surface area (Å²) in [5.74, 6) is -2.41. The summed E-state index contributed by atoms with van der Waals surface area (Å²) in [6.07, 6.45) is -3.81. The Morgan fingerprint density at radius 3 is 2.58 bits per heavy atom. The van der Waals surface area contributed by atoms with Crippen LogP contribution in [0.15, 0.2) is 30.3 Å². The van der Waals surface area contributed by atoms with Crippen LogP contribution in [0, 0.1) is 11.8 Å². The molecule has 6 heteroatoms. The van der Waals surface area contributed by atoms with Crippen molar-refractivity contribution in [3.63, 3.8) is 0 Å². The third-order valence-corrected chi connectivity index (χ3v) is 4.74. The van der Waals surface area contributed by atoms with E-state index in [0.717, 1.165) is 5.56 Å². The van der Waals surface area contributed by atoms with Gasteiger partial charge < -0.3 is 10.4 Å². The first-order chi connectivity index (χ1) is 11.3. The fraction of sp³-hybridized carbons (Fsp3) is 0.611. The Balaban J connectivity index is 1.86. The van der Waals surface area contributed by atoms with Crippen LogP contribution in [0.1, 0.15) is 38.2 Å². The highest BCUT2D eigenvalue weighted by molar-refractivity contribution is 5.79. The average Bonchev–Trinajstić information content (AvgIpc) is 2.55. The predicted molar refractivity (Wildman–Crippen MR) is 85.3 cm³/mol. The molecule has 0 bridgehead atoms. The molecule has 134 valence electrons. The van der Waals surface area contributed by atoms with E-state index in [9.17, 15) is 23.1 Å². The van der Waals surface area contributed by atoms with Gasteiger partial charge in [-0.05, 0) is 31.7 Å². The molecule has 1 aromatic carbocycles. The number of hydrogen-bond acceptors (Lipinski definition) is 2. The van der Waals surface area contributed by atoms with Crippen LogP contribution in [0.25, 0.3) is 0 Å². The molecule has 1 aromatic rings. The highest BCUT2D eigenvalue weighted by Gasteiger charge is 2.43. The largest absolute Gasteiger partial charge is 0.391 e. The summed E-state index contributed by atoms with van der Waals surface area (Å²) in [7, 11) is 0. The third-order valence-electron chi connectivity index (χ3n) is 4.74. The normalized spacial score (nSPS) is 24.2. The molecule has 1 fully saturated rings. The second-order valence-corrected chi connectivity index (χ2v) is 6.66. The zero-order valence-electron chi connectivity index (χ0n) is 13.7. The van der Waals surface area contributed by atoms with E-state index in [0.29, 0.717) is 19.3 Å². The fourth-order valence-electron chi connectivity index (χ4n) is 3.20. The Hall–Kier alpha value is -1.56. The summed E-state index contributed by atoms with van der Waals surface area (Å²) in [5.41, 5.74) is 0.945. The molecule has 1 amide bonds. The summed E-state index contributed by atoms with van der Waals surface area (Å²) < 4.78 is 38.5. The van der Waals surface area contributed by atoms with E-state index in [1.165, 1.54) is 0 Å². The van der Waals surface area contributed by atoms with Crippen molar-refractivity contribution in [2.75, 3.05) is 0 Å². The van der Waals surface area contributed by atoms with Gasteiger partial charge in [0.1, 0.15) is 0 Å². The summed E-state index contributed by atoms with van der Waals surface area (Å²) in [6, 6.07) is 8.86. The van der Waals surface area contributed by atoms with Gasteiger partial charge in [-0.25, -0.2) is 0 Å². The minimum absolute atomic E-state index is 0.0967. The number of alkyl halides is 3. The number of amides is 1. The van der Waals surface area contributed by atoms with Crippen molar-refractivity contribution in [3.05, 3.63) is 35.9 Å². The Labute approximate surface area is 140 Å². The summed E-state index contributed by atoms with van der Waals surface area (Å²) in [5, 5.41) is 12.9. The first-order valence-electron chi connectivity index (χ1n) is 8.36. The second kappa shape index (κ2) is 8.01. The topological polar surface area (TPSA) is 49.3 Å². The van der Waals surface area contributed by atoms with Crippen molar-refractivity contribution in [1.29, 1.82) is 0 Å². The van der Waals surface area contributed by atoms with Crippen LogP contribution >= 0.6 is 0 Å². The van der Waals surface area contributed by atoms with Gasteiger partial charge in [0.05, 0.1) is 18.1 Å². The molecule has 2 rings (SSSR count). The number of carbonyl (C=O) groups excluding carboxylic acids is 1. The van der Waals surface area contributed by atoms with Crippen LogP contribution in [0.2, 0.25) is 0 Å². The van der Waals surface area contributed by atoms with E-state index >= 15 is 0 Å². The average molecular weight is 343 g/mol. The zero-order chi connectivity index (χ0) is 17.7. The fourth-order valence-corrected chi connectivity index (χ4v) is 3.20. The van der Waals surface area contributed by atoms with Gasteiger partial charge in [-0.1, -0.05) is 36.8 Å². The molecule has 0 saturated heterocycles. The molecule has 2 N–H and O–H groups in total. The van der Waals surface area contributed by atoms with Crippen LogP contribution < -0.4 is 5.32 Å². The van der Waals surface area contributed by atoms with Crippen LogP contribution in [0.3, 0.4) is 0 Å². The molecule has 4 unspecified atom stereocenters. The molecule has 1 aliphatic carbocycles. The van der Waals surface area contributed by atoms with Crippen LogP contribution in [0.4, 0.5) is 13.2 Å². The van der Waals surface area contributed by atoms with E-state index in [-0.39, 0.29) is 18.7 Å². The standard InChI is InChI=1S/C18H24F3NO2/c1-12(16(23)10-13-6-3-2-4-7-13)22-17(24)14-8-5-9-15(11-14)18(19,20)21/h2-4,6-7,12,14-16,23H,5,8-11H2,1H3,(H,22,24). The number of nitrogens with one attached hydrogen (secondary N) is 1. The van der Waals surface area contributed by atoms with Gasteiger partial charge in [0.15, 0.2) is 0 Å². The first kappa shape index (κ1) is 18.8. The van der Waals surface area contributed by atoms with Gasteiger partial charge in [0, 0.05) is 12.3 Å².